The lowest BCUT2D eigenvalue weighted by Gasteiger charge is -2.19. The Hall–Kier alpha value is -4.20. The summed E-state index contributed by atoms with van der Waals surface area (Å²) < 4.78 is 41.5. The molecular formula is C22H28N4O9S. The number of carboxylic acids is 2. The van der Waals surface area contributed by atoms with Gasteiger partial charge in [0.2, 0.25) is 5.96 Å². The van der Waals surface area contributed by atoms with Crippen LogP contribution >= 0.6 is 0 Å². The van der Waals surface area contributed by atoms with E-state index in [9.17, 15) is 18.0 Å². The molecule has 0 heterocycles. The van der Waals surface area contributed by atoms with E-state index in [2.05, 4.69) is 10.5 Å². The van der Waals surface area contributed by atoms with Crippen LogP contribution in [-0.4, -0.2) is 74.8 Å². The molecule has 0 unspecified atom stereocenters. The quantitative estimate of drug-likeness (QED) is 0.0896. The standard InChI is InChI=1S/C22H28N4O9S/c1-15-10-16(12-17(11-15)35-36(31,32)19-7-4-3-6-18(19)33-2)34-9-5-8-24-25-22(23)26(13-20(27)28)14-21(29)30/h3-4,6-7,10-12,24H,5,8-9,13-14H2,1-2H3,(H2,23,25)(H,27,28)(H,29,30). The Morgan fingerprint density at radius 3 is 2.36 bits per heavy atom. The van der Waals surface area contributed by atoms with Crippen molar-refractivity contribution in [3.05, 3.63) is 48.0 Å². The lowest BCUT2D eigenvalue weighted by atomic mass is 10.2. The van der Waals surface area contributed by atoms with Crippen molar-refractivity contribution in [1.29, 1.82) is 0 Å². The van der Waals surface area contributed by atoms with Gasteiger partial charge >= 0.3 is 22.1 Å². The van der Waals surface area contributed by atoms with Gasteiger partial charge in [0.1, 0.15) is 35.2 Å². The molecule has 36 heavy (non-hydrogen) atoms. The van der Waals surface area contributed by atoms with Crippen molar-refractivity contribution in [2.75, 3.05) is 33.4 Å². The maximum Gasteiger partial charge on any atom is 0.342 e. The van der Waals surface area contributed by atoms with Gasteiger partial charge in [-0.3, -0.25) is 9.59 Å². The number of aliphatic carboxylic acids is 2. The summed E-state index contributed by atoms with van der Waals surface area (Å²) in [6, 6.07) is 10.8. The Bertz CT molecular complexity index is 1190. The topological polar surface area (TPSA) is 190 Å². The van der Waals surface area contributed by atoms with Crippen molar-refractivity contribution in [2.45, 2.75) is 18.2 Å². The lowest BCUT2D eigenvalue weighted by molar-refractivity contribution is -0.140. The van der Waals surface area contributed by atoms with Crippen LogP contribution in [-0.2, 0) is 19.7 Å². The fraction of sp³-hybridized carbons (Fsp3) is 0.318. The van der Waals surface area contributed by atoms with Crippen LogP contribution < -0.4 is 24.8 Å². The van der Waals surface area contributed by atoms with Gasteiger partial charge in [0, 0.05) is 19.0 Å². The Morgan fingerprint density at radius 2 is 1.72 bits per heavy atom. The second-order valence-corrected chi connectivity index (χ2v) is 8.91. The van der Waals surface area contributed by atoms with Crippen LogP contribution in [0.1, 0.15) is 12.0 Å². The second kappa shape index (κ2) is 13.0. The molecule has 5 N–H and O–H groups in total. The maximum atomic E-state index is 12.7. The minimum atomic E-state index is -4.15. The van der Waals surface area contributed by atoms with Gasteiger partial charge in [-0.15, -0.1) is 5.10 Å². The Kier molecular flexibility index (Phi) is 10.2. The van der Waals surface area contributed by atoms with Gasteiger partial charge in [0.15, 0.2) is 0 Å². The van der Waals surface area contributed by atoms with E-state index >= 15 is 0 Å². The van der Waals surface area contributed by atoms with Gasteiger partial charge in [-0.1, -0.05) is 12.1 Å². The highest BCUT2D eigenvalue weighted by Crippen LogP contribution is 2.29. The molecule has 0 atom stereocenters. The summed E-state index contributed by atoms with van der Waals surface area (Å²) in [6.07, 6.45) is 0.443. The first-order valence-corrected chi connectivity index (χ1v) is 12.0. The third-order valence-electron chi connectivity index (χ3n) is 4.44. The maximum absolute atomic E-state index is 12.7. The van der Waals surface area contributed by atoms with Crippen LogP contribution in [0.15, 0.2) is 52.5 Å². The van der Waals surface area contributed by atoms with Gasteiger partial charge < -0.3 is 39.9 Å². The zero-order chi connectivity index (χ0) is 26.7. The Morgan fingerprint density at radius 1 is 1.08 bits per heavy atom. The summed E-state index contributed by atoms with van der Waals surface area (Å²) in [6.45, 7) is 1.03. The molecule has 0 saturated carbocycles. The average Bonchev–Trinajstić information content (AvgIpc) is 2.79. The smallest absolute Gasteiger partial charge is 0.342 e. The number of aryl methyl sites for hydroxylation is 1. The van der Waals surface area contributed by atoms with Crippen LogP contribution in [0.2, 0.25) is 0 Å². The fourth-order valence-corrected chi connectivity index (χ4v) is 4.02. The van der Waals surface area contributed by atoms with E-state index in [4.69, 9.17) is 29.6 Å². The normalized spacial score (nSPS) is 11.4. The number of para-hydroxylation sites is 1. The highest BCUT2D eigenvalue weighted by atomic mass is 32.2. The predicted molar refractivity (Wildman–Crippen MR) is 129 cm³/mol. The van der Waals surface area contributed by atoms with Crippen molar-refractivity contribution >= 4 is 28.0 Å². The monoisotopic (exact) mass is 524 g/mol. The Balaban J connectivity index is 1.92. The van der Waals surface area contributed by atoms with Crippen molar-refractivity contribution < 1.29 is 41.9 Å². The SMILES string of the molecule is COc1ccccc1S(=O)(=O)Oc1cc(C)cc(OCCCNN=C(N)N(CC(=O)O)CC(=O)O)c1. The van der Waals surface area contributed by atoms with Crippen LogP contribution in [0.5, 0.6) is 17.2 Å². The number of methoxy groups -OCH3 is 1. The van der Waals surface area contributed by atoms with Crippen LogP contribution in [0.4, 0.5) is 0 Å². The van der Waals surface area contributed by atoms with Gasteiger partial charge in [-0.05, 0) is 36.8 Å². The molecule has 0 bridgehead atoms. The molecular weight excluding hydrogens is 496 g/mol. The van der Waals surface area contributed by atoms with E-state index in [1.54, 1.807) is 31.2 Å². The van der Waals surface area contributed by atoms with Crippen molar-refractivity contribution in [3.63, 3.8) is 0 Å². The zero-order valence-corrected chi connectivity index (χ0v) is 20.5. The highest BCUT2D eigenvalue weighted by molar-refractivity contribution is 7.87. The van der Waals surface area contributed by atoms with E-state index in [1.165, 1.54) is 25.3 Å². The summed E-state index contributed by atoms with van der Waals surface area (Å²) >= 11 is 0. The minimum Gasteiger partial charge on any atom is -0.495 e. The van der Waals surface area contributed by atoms with E-state index in [-0.39, 0.29) is 35.5 Å². The molecule has 2 aromatic rings. The molecule has 0 aliphatic carbocycles. The number of nitrogens with one attached hydrogen (secondary N) is 1. The molecule has 0 amide bonds. The lowest BCUT2D eigenvalue weighted by Crippen LogP contribution is -2.44. The molecule has 2 rings (SSSR count). The number of rotatable bonds is 14. The first kappa shape index (κ1) is 28.0. The zero-order valence-electron chi connectivity index (χ0n) is 19.7. The van der Waals surface area contributed by atoms with Crippen LogP contribution in [0, 0.1) is 6.92 Å². The summed E-state index contributed by atoms with van der Waals surface area (Å²) in [5, 5.41) is 21.5. The van der Waals surface area contributed by atoms with E-state index < -0.39 is 35.1 Å². The van der Waals surface area contributed by atoms with Crippen molar-refractivity contribution in [3.8, 4) is 17.2 Å². The van der Waals surface area contributed by atoms with Crippen molar-refractivity contribution in [1.82, 2.24) is 10.3 Å². The Labute approximate surface area is 208 Å². The summed E-state index contributed by atoms with van der Waals surface area (Å²) in [4.78, 5) is 22.5. The molecule has 0 spiro atoms. The summed E-state index contributed by atoms with van der Waals surface area (Å²) in [5.74, 6) is -2.16. The highest BCUT2D eigenvalue weighted by Gasteiger charge is 2.22. The molecule has 0 saturated heterocycles. The number of nitrogens with two attached hydrogens (primary N) is 1. The molecule has 0 fully saturated rings. The summed E-state index contributed by atoms with van der Waals surface area (Å²) in [7, 11) is -2.78. The molecule has 0 aliphatic rings. The van der Waals surface area contributed by atoms with E-state index in [0.29, 0.717) is 17.7 Å². The minimum absolute atomic E-state index is 0.0726. The van der Waals surface area contributed by atoms with Crippen LogP contribution in [0.25, 0.3) is 0 Å². The van der Waals surface area contributed by atoms with Gasteiger partial charge in [-0.2, -0.15) is 8.42 Å². The average molecular weight is 525 g/mol. The first-order chi connectivity index (χ1) is 17.0. The van der Waals surface area contributed by atoms with Gasteiger partial charge in [0.25, 0.3) is 0 Å². The summed E-state index contributed by atoms with van der Waals surface area (Å²) in [5.41, 5.74) is 8.98. The number of benzene rings is 2. The number of carbonyl (C=O) groups is 2. The molecule has 0 aliphatic heterocycles. The molecule has 13 nitrogen and oxygen atoms in total. The number of ether oxygens (including phenoxy) is 2. The van der Waals surface area contributed by atoms with E-state index in [0.717, 1.165) is 4.90 Å². The second-order valence-electron chi connectivity index (χ2n) is 7.39. The molecule has 0 radical (unpaired) electrons. The molecule has 2 aromatic carbocycles. The van der Waals surface area contributed by atoms with E-state index in [1.807, 2.05) is 0 Å². The number of hydrogen-bond acceptors (Lipinski definition) is 9. The third kappa shape index (κ3) is 8.87. The number of nitrogens with zero attached hydrogens (tertiary/aromatic N) is 2. The molecule has 14 heteroatoms. The van der Waals surface area contributed by atoms with Crippen molar-refractivity contribution in [2.24, 2.45) is 10.8 Å². The van der Waals surface area contributed by atoms with Crippen LogP contribution in [0.3, 0.4) is 0 Å². The molecule has 0 aromatic heterocycles. The number of hydrazone groups is 1. The van der Waals surface area contributed by atoms with Gasteiger partial charge in [-0.25, -0.2) is 0 Å². The molecule has 196 valence electrons. The third-order valence-corrected chi connectivity index (χ3v) is 5.73. The number of carboxylic acid groups (broad SMARTS) is 2. The number of guanidine groups is 1. The predicted octanol–water partition coefficient (Wildman–Crippen LogP) is 0.831. The fourth-order valence-electron chi connectivity index (χ4n) is 2.94. The largest absolute Gasteiger partial charge is 0.495 e. The number of hydrogen-bond donors (Lipinski definition) is 4. The first-order valence-electron chi connectivity index (χ1n) is 10.6. The van der Waals surface area contributed by atoms with Gasteiger partial charge in [0.05, 0.1) is 13.7 Å².